The first-order chi connectivity index (χ1) is 12.4. The molecule has 132 valence electrons. The first-order valence-corrected chi connectivity index (χ1v) is 8.87. The van der Waals surface area contributed by atoms with E-state index in [9.17, 15) is 4.79 Å². The van der Waals surface area contributed by atoms with Crippen molar-refractivity contribution in [2.45, 2.75) is 27.7 Å². The highest BCUT2D eigenvalue weighted by atomic mass is 16.2. The van der Waals surface area contributed by atoms with Crippen LogP contribution in [0.3, 0.4) is 0 Å². The molecule has 0 saturated heterocycles. The minimum Gasteiger partial charge on any atom is -0.326 e. The minimum absolute atomic E-state index is 0.0117. The predicted molar refractivity (Wildman–Crippen MR) is 105 cm³/mol. The number of carbonyl (C=O) groups is 1. The van der Waals surface area contributed by atoms with E-state index in [-0.39, 0.29) is 17.2 Å². The third kappa shape index (κ3) is 4.03. The number of rotatable bonds is 3. The lowest BCUT2D eigenvalue weighted by atomic mass is 10.1. The Bertz CT molecular complexity index is 897. The van der Waals surface area contributed by atoms with Crippen LogP contribution in [0.1, 0.15) is 39.0 Å². The zero-order chi connectivity index (χ0) is 18.7. The Morgan fingerprint density at radius 3 is 2.65 bits per heavy atom. The summed E-state index contributed by atoms with van der Waals surface area (Å²) >= 11 is 0. The average molecular weight is 344 g/mol. The van der Waals surface area contributed by atoms with Crippen LogP contribution in [-0.2, 0) is 4.79 Å². The molecule has 3 rings (SSSR count). The second-order valence-corrected chi connectivity index (χ2v) is 7.60. The van der Waals surface area contributed by atoms with Crippen LogP contribution in [0.25, 0.3) is 0 Å². The number of hydrogen-bond acceptors (Lipinski definition) is 2. The fraction of sp³-hybridized carbons (Fsp3) is 0.304. The largest absolute Gasteiger partial charge is 0.326 e. The van der Waals surface area contributed by atoms with Gasteiger partial charge in [0, 0.05) is 17.4 Å². The van der Waals surface area contributed by atoms with E-state index >= 15 is 0 Å². The molecule has 0 spiro atoms. The molecule has 1 N–H and O–H groups in total. The molecular weight excluding hydrogens is 320 g/mol. The molecule has 1 heterocycles. The highest BCUT2D eigenvalue weighted by molar-refractivity contribution is 5.95. The molecule has 1 aromatic carbocycles. The van der Waals surface area contributed by atoms with Crippen LogP contribution >= 0.6 is 0 Å². The number of aromatic nitrogens is 1. The third-order valence-electron chi connectivity index (χ3n) is 4.84. The van der Waals surface area contributed by atoms with Gasteiger partial charge in [0.05, 0.1) is 5.92 Å². The normalized spacial score (nSPS) is 19.7. The van der Waals surface area contributed by atoms with Crippen molar-refractivity contribution >= 4 is 11.6 Å². The molecule has 1 aliphatic carbocycles. The Kier molecular flexibility index (Phi) is 4.95. The van der Waals surface area contributed by atoms with Gasteiger partial charge in [0.25, 0.3) is 0 Å². The molecule has 2 unspecified atom stereocenters. The van der Waals surface area contributed by atoms with Crippen LogP contribution in [-0.4, -0.2) is 10.9 Å². The lowest BCUT2D eigenvalue weighted by Crippen LogP contribution is -2.16. The second-order valence-electron chi connectivity index (χ2n) is 7.60. The Morgan fingerprint density at radius 2 is 1.96 bits per heavy atom. The SMILES string of the molecule is CC(C)=CC1C(C(=O)Nc2cccc(C#Cc3ccccn3)c2)C1(C)C. The number of anilines is 1. The molecule has 3 nitrogen and oxygen atoms in total. The summed E-state index contributed by atoms with van der Waals surface area (Å²) in [5.74, 6) is 6.53. The first kappa shape index (κ1) is 17.9. The Morgan fingerprint density at radius 1 is 1.15 bits per heavy atom. The maximum atomic E-state index is 12.7. The summed E-state index contributed by atoms with van der Waals surface area (Å²) in [4.78, 5) is 16.9. The fourth-order valence-electron chi connectivity index (χ4n) is 3.32. The second kappa shape index (κ2) is 7.17. The van der Waals surface area contributed by atoms with Crippen LogP contribution in [0.2, 0.25) is 0 Å². The van der Waals surface area contributed by atoms with Gasteiger partial charge in [0.1, 0.15) is 5.69 Å². The topological polar surface area (TPSA) is 42.0 Å². The number of allylic oxidation sites excluding steroid dienone is 2. The molecule has 1 fully saturated rings. The molecule has 0 radical (unpaired) electrons. The zero-order valence-corrected chi connectivity index (χ0v) is 15.7. The fourth-order valence-corrected chi connectivity index (χ4v) is 3.32. The van der Waals surface area contributed by atoms with Gasteiger partial charge in [-0.2, -0.15) is 0 Å². The predicted octanol–water partition coefficient (Wildman–Crippen LogP) is 4.66. The van der Waals surface area contributed by atoms with Crippen LogP contribution in [0.5, 0.6) is 0 Å². The van der Waals surface area contributed by atoms with E-state index in [4.69, 9.17) is 0 Å². The van der Waals surface area contributed by atoms with Gasteiger partial charge in [-0.1, -0.05) is 43.5 Å². The number of benzene rings is 1. The Balaban J connectivity index is 1.71. The van der Waals surface area contributed by atoms with Gasteiger partial charge in [0.15, 0.2) is 0 Å². The third-order valence-corrected chi connectivity index (χ3v) is 4.84. The van der Waals surface area contributed by atoms with Crippen LogP contribution in [0, 0.1) is 29.1 Å². The number of nitrogens with zero attached hydrogens (tertiary/aromatic N) is 1. The standard InChI is InChI=1S/C23H24N2O/c1-16(2)14-20-21(23(20,3)4)22(26)25-19-10-7-8-17(15-19)11-12-18-9-5-6-13-24-18/h5-10,13-15,20-21H,1-4H3,(H,25,26). The van der Waals surface area contributed by atoms with Crippen molar-refractivity contribution in [2.75, 3.05) is 5.32 Å². The van der Waals surface area contributed by atoms with Crippen molar-refractivity contribution in [3.05, 3.63) is 71.6 Å². The highest BCUT2D eigenvalue weighted by Gasteiger charge is 2.60. The minimum atomic E-state index is 0.0117. The molecule has 0 aliphatic heterocycles. The average Bonchev–Trinajstić information content (AvgIpc) is 3.14. The van der Waals surface area contributed by atoms with Crippen molar-refractivity contribution < 1.29 is 4.79 Å². The van der Waals surface area contributed by atoms with Gasteiger partial charge in [-0.05, 0) is 61.4 Å². The smallest absolute Gasteiger partial charge is 0.228 e. The van der Waals surface area contributed by atoms with Gasteiger partial charge in [0.2, 0.25) is 5.91 Å². The van der Waals surface area contributed by atoms with Crippen molar-refractivity contribution in [1.29, 1.82) is 0 Å². The molecule has 1 aromatic heterocycles. The van der Waals surface area contributed by atoms with Crippen LogP contribution < -0.4 is 5.32 Å². The molecule has 2 atom stereocenters. The molecule has 26 heavy (non-hydrogen) atoms. The summed E-state index contributed by atoms with van der Waals surface area (Å²) in [6, 6.07) is 13.3. The molecule has 3 heteroatoms. The van der Waals surface area contributed by atoms with E-state index in [1.807, 2.05) is 42.5 Å². The molecule has 1 saturated carbocycles. The molecule has 1 amide bonds. The van der Waals surface area contributed by atoms with Gasteiger partial charge < -0.3 is 5.32 Å². The van der Waals surface area contributed by atoms with Gasteiger partial charge >= 0.3 is 0 Å². The van der Waals surface area contributed by atoms with Gasteiger partial charge in [-0.25, -0.2) is 4.98 Å². The zero-order valence-electron chi connectivity index (χ0n) is 15.7. The van der Waals surface area contributed by atoms with E-state index < -0.39 is 0 Å². The van der Waals surface area contributed by atoms with Gasteiger partial charge in [-0.15, -0.1) is 0 Å². The van der Waals surface area contributed by atoms with Crippen LogP contribution in [0.4, 0.5) is 5.69 Å². The lowest BCUT2D eigenvalue weighted by Gasteiger charge is -2.06. The summed E-state index contributed by atoms with van der Waals surface area (Å²) in [6.45, 7) is 8.45. The van der Waals surface area contributed by atoms with Gasteiger partial charge in [-0.3, -0.25) is 4.79 Å². The number of pyridine rings is 1. The molecule has 1 aliphatic rings. The maximum Gasteiger partial charge on any atom is 0.228 e. The van der Waals surface area contributed by atoms with Crippen molar-refractivity contribution in [2.24, 2.45) is 17.3 Å². The summed E-state index contributed by atoms with van der Waals surface area (Å²) in [7, 11) is 0. The highest BCUT2D eigenvalue weighted by Crippen LogP contribution is 2.59. The Labute approximate surface area is 155 Å². The van der Waals surface area contributed by atoms with Crippen molar-refractivity contribution in [3.63, 3.8) is 0 Å². The lowest BCUT2D eigenvalue weighted by molar-refractivity contribution is -0.118. The van der Waals surface area contributed by atoms with E-state index in [0.29, 0.717) is 5.92 Å². The summed E-state index contributed by atoms with van der Waals surface area (Å²) in [5, 5.41) is 3.05. The van der Waals surface area contributed by atoms with E-state index in [1.54, 1.807) is 6.20 Å². The summed E-state index contributed by atoms with van der Waals surface area (Å²) in [5.41, 5.74) is 3.62. The quantitative estimate of drug-likeness (QED) is 0.650. The van der Waals surface area contributed by atoms with Crippen molar-refractivity contribution in [1.82, 2.24) is 4.98 Å². The summed E-state index contributed by atoms with van der Waals surface area (Å²) in [6.07, 6.45) is 3.93. The van der Waals surface area contributed by atoms with Crippen LogP contribution in [0.15, 0.2) is 60.3 Å². The van der Waals surface area contributed by atoms with E-state index in [0.717, 1.165) is 16.9 Å². The molecule has 0 bridgehead atoms. The van der Waals surface area contributed by atoms with E-state index in [1.165, 1.54) is 5.57 Å². The Hall–Kier alpha value is -2.86. The van der Waals surface area contributed by atoms with E-state index in [2.05, 4.69) is 55.9 Å². The molecular formula is C23H24N2O. The monoisotopic (exact) mass is 344 g/mol. The molecule has 2 aromatic rings. The van der Waals surface area contributed by atoms with Crippen molar-refractivity contribution in [3.8, 4) is 11.8 Å². The summed E-state index contributed by atoms with van der Waals surface area (Å²) < 4.78 is 0. The number of nitrogens with one attached hydrogen (secondary N) is 1. The number of amides is 1. The first-order valence-electron chi connectivity index (χ1n) is 8.87. The number of carbonyl (C=O) groups excluding carboxylic acids is 1. The number of hydrogen-bond donors (Lipinski definition) is 1. The maximum absolute atomic E-state index is 12.7.